The maximum atomic E-state index is 13.8. The van der Waals surface area contributed by atoms with Crippen LogP contribution < -0.4 is 10.6 Å². The van der Waals surface area contributed by atoms with Crippen molar-refractivity contribution in [1.82, 2.24) is 15.5 Å². The third-order valence-electron chi connectivity index (χ3n) is 4.14. The molecule has 1 saturated heterocycles. The monoisotopic (exact) mass is 366 g/mol. The van der Waals surface area contributed by atoms with E-state index in [-0.39, 0.29) is 11.9 Å². The highest BCUT2D eigenvalue weighted by Gasteiger charge is 2.15. The van der Waals surface area contributed by atoms with Crippen LogP contribution in [0, 0.1) is 5.82 Å². The van der Waals surface area contributed by atoms with Crippen molar-refractivity contribution in [2.75, 3.05) is 47.5 Å². The number of nitrogens with one attached hydrogen (secondary N) is 2. The fraction of sp³-hybridized carbons (Fsp3) is 0.632. The summed E-state index contributed by atoms with van der Waals surface area (Å²) < 4.78 is 24.9. The van der Waals surface area contributed by atoms with Crippen LogP contribution in [-0.2, 0) is 22.6 Å². The molecule has 1 fully saturated rings. The molecule has 0 saturated carbocycles. The minimum atomic E-state index is -0.169. The zero-order chi connectivity index (χ0) is 18.8. The fourth-order valence-electron chi connectivity index (χ4n) is 2.78. The zero-order valence-corrected chi connectivity index (χ0v) is 16.1. The number of aliphatic imine (C=N–C) groups is 1. The Bertz CT molecular complexity index is 575. The van der Waals surface area contributed by atoms with Crippen LogP contribution in [0.2, 0.25) is 0 Å². The molecule has 0 amide bonds. The average Bonchev–Trinajstić information content (AvgIpc) is 3.13. The number of nitrogens with zero attached hydrogens (tertiary/aromatic N) is 2. The normalized spacial score (nSPS) is 17.7. The second kappa shape index (κ2) is 11.1. The van der Waals surface area contributed by atoms with E-state index in [1.54, 1.807) is 13.1 Å². The van der Waals surface area contributed by atoms with Gasteiger partial charge >= 0.3 is 0 Å². The molecular weight excluding hydrogens is 335 g/mol. The van der Waals surface area contributed by atoms with Crippen LogP contribution in [0.5, 0.6) is 0 Å². The molecule has 6 nitrogen and oxygen atoms in total. The second-order valence-electron chi connectivity index (χ2n) is 6.73. The minimum Gasteiger partial charge on any atom is -0.379 e. The van der Waals surface area contributed by atoms with E-state index in [9.17, 15) is 4.39 Å². The van der Waals surface area contributed by atoms with Crippen LogP contribution >= 0.6 is 0 Å². The molecule has 26 heavy (non-hydrogen) atoms. The molecule has 1 unspecified atom stereocenters. The molecule has 2 N–H and O–H groups in total. The molecule has 0 aromatic heterocycles. The summed E-state index contributed by atoms with van der Waals surface area (Å²) >= 11 is 0. The summed E-state index contributed by atoms with van der Waals surface area (Å²) in [6.45, 7) is 4.19. The highest BCUT2D eigenvalue weighted by Crippen LogP contribution is 2.12. The first-order valence-corrected chi connectivity index (χ1v) is 9.14. The molecule has 0 spiro atoms. The molecule has 1 aromatic rings. The van der Waals surface area contributed by atoms with E-state index >= 15 is 0 Å². The van der Waals surface area contributed by atoms with Gasteiger partial charge < -0.3 is 25.0 Å². The molecule has 1 aliphatic rings. The van der Waals surface area contributed by atoms with E-state index in [1.807, 2.05) is 25.1 Å². The Morgan fingerprint density at radius 1 is 1.38 bits per heavy atom. The first kappa shape index (κ1) is 20.6. The van der Waals surface area contributed by atoms with E-state index in [0.29, 0.717) is 31.9 Å². The number of ether oxygens (including phenoxy) is 2. The van der Waals surface area contributed by atoms with Gasteiger partial charge in [0, 0.05) is 45.5 Å². The summed E-state index contributed by atoms with van der Waals surface area (Å²) in [5.74, 6) is 0.560. The molecule has 1 heterocycles. The molecule has 1 aliphatic heterocycles. The maximum Gasteiger partial charge on any atom is 0.191 e. The van der Waals surface area contributed by atoms with Crippen molar-refractivity contribution >= 4 is 5.96 Å². The topological polar surface area (TPSA) is 58.1 Å². The number of hydrogen-bond acceptors (Lipinski definition) is 4. The van der Waals surface area contributed by atoms with E-state index < -0.39 is 0 Å². The van der Waals surface area contributed by atoms with Crippen molar-refractivity contribution in [3.05, 3.63) is 35.1 Å². The van der Waals surface area contributed by atoms with Gasteiger partial charge in [0.15, 0.2) is 5.96 Å². The van der Waals surface area contributed by atoms with Gasteiger partial charge in [0.25, 0.3) is 0 Å². The van der Waals surface area contributed by atoms with Crippen LogP contribution in [0.3, 0.4) is 0 Å². The highest BCUT2D eigenvalue weighted by atomic mass is 19.1. The maximum absolute atomic E-state index is 13.8. The van der Waals surface area contributed by atoms with Crippen molar-refractivity contribution in [2.45, 2.75) is 32.0 Å². The Morgan fingerprint density at radius 3 is 2.92 bits per heavy atom. The lowest BCUT2D eigenvalue weighted by Gasteiger charge is -2.15. The molecular formula is C19H31FN4O2. The van der Waals surface area contributed by atoms with Gasteiger partial charge in [-0.25, -0.2) is 4.39 Å². The summed E-state index contributed by atoms with van der Waals surface area (Å²) in [5.41, 5.74) is 1.72. The predicted molar refractivity (Wildman–Crippen MR) is 102 cm³/mol. The molecule has 0 bridgehead atoms. The number of guanidine groups is 1. The third-order valence-corrected chi connectivity index (χ3v) is 4.14. The summed E-state index contributed by atoms with van der Waals surface area (Å²) in [5, 5.41) is 6.53. The molecule has 2 rings (SSSR count). The van der Waals surface area contributed by atoms with Gasteiger partial charge in [-0.05, 0) is 44.6 Å². The van der Waals surface area contributed by atoms with E-state index in [4.69, 9.17) is 9.47 Å². The number of benzene rings is 1. The first-order valence-electron chi connectivity index (χ1n) is 9.14. The average molecular weight is 366 g/mol. The van der Waals surface area contributed by atoms with Crippen LogP contribution in [0.4, 0.5) is 4.39 Å². The SMILES string of the molecule is CN=C(NCCCOC1CCOC1)NCc1ccc(F)c(CN(C)C)c1. The fourth-order valence-corrected chi connectivity index (χ4v) is 2.78. The Hall–Kier alpha value is -1.70. The summed E-state index contributed by atoms with van der Waals surface area (Å²) in [6, 6.07) is 5.22. The van der Waals surface area contributed by atoms with Crippen molar-refractivity contribution in [3.63, 3.8) is 0 Å². The first-order chi connectivity index (χ1) is 12.6. The van der Waals surface area contributed by atoms with Gasteiger partial charge in [0.2, 0.25) is 0 Å². The van der Waals surface area contributed by atoms with Crippen molar-refractivity contribution < 1.29 is 13.9 Å². The van der Waals surface area contributed by atoms with Crippen molar-refractivity contribution in [2.24, 2.45) is 4.99 Å². The van der Waals surface area contributed by atoms with Crippen molar-refractivity contribution in [3.8, 4) is 0 Å². The lowest BCUT2D eigenvalue weighted by Crippen LogP contribution is -2.37. The number of rotatable bonds is 9. The largest absolute Gasteiger partial charge is 0.379 e. The third kappa shape index (κ3) is 7.27. The lowest BCUT2D eigenvalue weighted by molar-refractivity contribution is 0.0420. The Kier molecular flexibility index (Phi) is 8.80. The van der Waals surface area contributed by atoms with Gasteiger partial charge in [0.05, 0.1) is 12.7 Å². The number of hydrogen-bond donors (Lipinski definition) is 2. The Labute approximate surface area is 155 Å². The lowest BCUT2D eigenvalue weighted by atomic mass is 10.1. The van der Waals surface area contributed by atoms with Crippen LogP contribution in [-0.4, -0.2) is 64.5 Å². The molecule has 7 heteroatoms. The standard InChI is InChI=1S/C19H31FN4O2/c1-21-19(22-8-4-9-26-17-7-10-25-14-17)23-12-15-5-6-18(20)16(11-15)13-24(2)3/h5-6,11,17H,4,7-10,12-14H2,1-3H3,(H2,21,22,23). The Balaban J connectivity index is 1.69. The zero-order valence-electron chi connectivity index (χ0n) is 16.1. The van der Waals surface area contributed by atoms with E-state index in [1.165, 1.54) is 6.07 Å². The van der Waals surface area contributed by atoms with Crippen molar-refractivity contribution in [1.29, 1.82) is 0 Å². The van der Waals surface area contributed by atoms with Gasteiger partial charge in [-0.3, -0.25) is 4.99 Å². The molecule has 0 aliphatic carbocycles. The highest BCUT2D eigenvalue weighted by molar-refractivity contribution is 5.79. The van der Waals surface area contributed by atoms with Gasteiger partial charge in [-0.1, -0.05) is 6.07 Å². The molecule has 1 aromatic carbocycles. The van der Waals surface area contributed by atoms with E-state index in [2.05, 4.69) is 15.6 Å². The minimum absolute atomic E-state index is 0.169. The summed E-state index contributed by atoms with van der Waals surface area (Å²) in [7, 11) is 5.60. The Morgan fingerprint density at radius 2 is 2.23 bits per heavy atom. The van der Waals surface area contributed by atoms with Gasteiger partial charge in [0.1, 0.15) is 5.82 Å². The van der Waals surface area contributed by atoms with E-state index in [0.717, 1.165) is 37.5 Å². The van der Waals surface area contributed by atoms with Gasteiger partial charge in [-0.15, -0.1) is 0 Å². The van der Waals surface area contributed by atoms with Crippen LogP contribution in [0.15, 0.2) is 23.2 Å². The molecule has 0 radical (unpaired) electrons. The second-order valence-corrected chi connectivity index (χ2v) is 6.73. The number of halogens is 1. The van der Waals surface area contributed by atoms with Crippen LogP contribution in [0.1, 0.15) is 24.0 Å². The smallest absolute Gasteiger partial charge is 0.191 e. The molecule has 146 valence electrons. The van der Waals surface area contributed by atoms with Crippen LogP contribution in [0.25, 0.3) is 0 Å². The summed E-state index contributed by atoms with van der Waals surface area (Å²) in [6.07, 6.45) is 2.15. The summed E-state index contributed by atoms with van der Waals surface area (Å²) in [4.78, 5) is 6.17. The van der Waals surface area contributed by atoms with Gasteiger partial charge in [-0.2, -0.15) is 0 Å². The quantitative estimate of drug-likeness (QED) is 0.396. The predicted octanol–water partition coefficient (Wildman–Crippen LogP) is 1.75. The molecule has 1 atom stereocenters.